The normalized spacial score (nSPS) is 9.64. The molecule has 1 atom stereocenters. The summed E-state index contributed by atoms with van der Waals surface area (Å²) in [7, 11) is 4.61. The maximum Gasteiger partial charge on any atom is 0.0650 e. The Morgan fingerprint density at radius 2 is 2.09 bits per heavy atom. The van der Waals surface area contributed by atoms with Crippen molar-refractivity contribution in [2.45, 2.75) is 0 Å². The number of nitrogens with one attached hydrogen (secondary N) is 2. The Kier molecular flexibility index (Phi) is 3.34. The molecule has 0 saturated heterocycles. The van der Waals surface area contributed by atoms with Crippen LogP contribution in [0.3, 0.4) is 0 Å². The van der Waals surface area contributed by atoms with Crippen molar-refractivity contribution in [1.82, 2.24) is 5.32 Å². The minimum atomic E-state index is 0.797. The van der Waals surface area contributed by atoms with Crippen LogP contribution < -0.4 is 15.9 Å². The van der Waals surface area contributed by atoms with Crippen LogP contribution in [0.1, 0.15) is 0 Å². The summed E-state index contributed by atoms with van der Waals surface area (Å²) in [6, 6.07) is 8.15. The van der Waals surface area contributed by atoms with Gasteiger partial charge in [0, 0.05) is 5.69 Å². The predicted octanol–water partition coefficient (Wildman–Crippen LogP) is 0.776. The first-order valence-corrected chi connectivity index (χ1v) is 4.15. The third-order valence-corrected chi connectivity index (χ3v) is 1.92. The van der Waals surface area contributed by atoms with Gasteiger partial charge in [-0.2, -0.15) is 0 Å². The Morgan fingerprint density at radius 1 is 1.36 bits per heavy atom. The van der Waals surface area contributed by atoms with Gasteiger partial charge in [0.15, 0.2) is 0 Å². The molecule has 1 aromatic rings. The maximum atomic E-state index is 3.23. The van der Waals surface area contributed by atoms with Gasteiger partial charge in [0.25, 0.3) is 0 Å². The molecule has 0 radical (unpaired) electrons. The van der Waals surface area contributed by atoms with Crippen molar-refractivity contribution in [2.24, 2.45) is 0 Å². The summed E-state index contributed by atoms with van der Waals surface area (Å²) in [6.07, 6.45) is 0. The molecule has 0 aromatic heterocycles. The summed E-state index contributed by atoms with van der Waals surface area (Å²) in [6.45, 7) is 0.797. The minimum Gasteiger partial charge on any atom is -0.372 e. The predicted molar refractivity (Wildman–Crippen MR) is 53.3 cm³/mol. The first-order valence-electron chi connectivity index (χ1n) is 3.57. The van der Waals surface area contributed by atoms with Gasteiger partial charge >= 0.3 is 0 Å². The number of anilines is 1. The van der Waals surface area contributed by atoms with Crippen molar-refractivity contribution in [1.29, 1.82) is 0 Å². The maximum absolute atomic E-state index is 3.23. The van der Waals surface area contributed by atoms with Gasteiger partial charge in [-0.3, -0.25) is 0 Å². The van der Waals surface area contributed by atoms with Crippen LogP contribution in [0.25, 0.3) is 0 Å². The van der Waals surface area contributed by atoms with Gasteiger partial charge in [0.05, 0.1) is 6.67 Å². The zero-order chi connectivity index (χ0) is 8.10. The number of benzene rings is 1. The van der Waals surface area contributed by atoms with Gasteiger partial charge in [-0.1, -0.05) is 18.2 Å². The van der Waals surface area contributed by atoms with Crippen LogP contribution in [0.4, 0.5) is 5.69 Å². The average Bonchev–Trinajstić information content (AvgIpc) is 2.03. The molecule has 60 valence electrons. The quantitative estimate of drug-likeness (QED) is 0.514. The molecule has 0 aliphatic rings. The summed E-state index contributed by atoms with van der Waals surface area (Å²) in [5, 5.41) is 7.45. The Balaban J connectivity index is 2.62. The Morgan fingerprint density at radius 3 is 2.73 bits per heavy atom. The lowest BCUT2D eigenvalue weighted by Gasteiger charge is -2.07. The molecule has 0 heterocycles. The lowest BCUT2D eigenvalue weighted by molar-refractivity contribution is 0.875. The number of rotatable bonds is 3. The van der Waals surface area contributed by atoms with Crippen LogP contribution in [0, 0.1) is 0 Å². The van der Waals surface area contributed by atoms with Crippen molar-refractivity contribution in [3.63, 3.8) is 0 Å². The minimum absolute atomic E-state index is 0.797. The largest absolute Gasteiger partial charge is 0.372 e. The second-order valence-corrected chi connectivity index (χ2v) is 2.92. The van der Waals surface area contributed by atoms with E-state index in [1.807, 2.05) is 19.2 Å². The van der Waals surface area contributed by atoms with Crippen LogP contribution in [0.2, 0.25) is 0 Å². The highest BCUT2D eigenvalue weighted by Gasteiger charge is 1.92. The molecule has 0 aliphatic carbocycles. The highest BCUT2D eigenvalue weighted by Crippen LogP contribution is 2.04. The fourth-order valence-corrected chi connectivity index (χ4v) is 1.15. The summed E-state index contributed by atoms with van der Waals surface area (Å²) < 4.78 is 0. The van der Waals surface area contributed by atoms with Crippen LogP contribution in [-0.2, 0) is 0 Å². The van der Waals surface area contributed by atoms with Gasteiger partial charge in [-0.25, -0.2) is 0 Å². The highest BCUT2D eigenvalue weighted by molar-refractivity contribution is 7.28. The molecule has 1 rings (SSSR count). The molecule has 11 heavy (non-hydrogen) atoms. The third-order valence-electron chi connectivity index (χ3n) is 1.42. The van der Waals surface area contributed by atoms with E-state index in [1.54, 1.807) is 0 Å². The van der Waals surface area contributed by atoms with Gasteiger partial charge in [0.1, 0.15) is 0 Å². The molecule has 0 bridgehead atoms. The molecule has 2 nitrogen and oxygen atoms in total. The van der Waals surface area contributed by atoms with Gasteiger partial charge in [-0.05, 0) is 18.4 Å². The van der Waals surface area contributed by atoms with E-state index in [2.05, 4.69) is 32.0 Å². The zero-order valence-electron chi connectivity index (χ0n) is 6.59. The molecule has 0 saturated carbocycles. The smallest absolute Gasteiger partial charge is 0.0650 e. The van der Waals surface area contributed by atoms with Gasteiger partial charge < -0.3 is 10.6 Å². The molecular formula is C8H13N2P. The Hall–Kier alpha value is -0.590. The second-order valence-electron chi connectivity index (χ2n) is 2.29. The zero-order valence-corrected chi connectivity index (χ0v) is 7.75. The van der Waals surface area contributed by atoms with Crippen molar-refractivity contribution >= 4 is 20.2 Å². The molecule has 0 aliphatic heterocycles. The van der Waals surface area contributed by atoms with Gasteiger partial charge in [-0.15, -0.1) is 9.24 Å². The van der Waals surface area contributed by atoms with E-state index in [-0.39, 0.29) is 0 Å². The van der Waals surface area contributed by atoms with E-state index in [9.17, 15) is 0 Å². The number of hydrogen-bond donors (Lipinski definition) is 2. The molecular weight excluding hydrogens is 155 g/mol. The monoisotopic (exact) mass is 168 g/mol. The van der Waals surface area contributed by atoms with Crippen molar-refractivity contribution in [3.05, 3.63) is 24.3 Å². The van der Waals surface area contributed by atoms with Crippen molar-refractivity contribution in [3.8, 4) is 0 Å². The molecule has 1 unspecified atom stereocenters. The highest BCUT2D eigenvalue weighted by atomic mass is 31.0. The number of para-hydroxylation sites is 1. The van der Waals surface area contributed by atoms with E-state index < -0.39 is 0 Å². The van der Waals surface area contributed by atoms with E-state index in [1.165, 1.54) is 5.30 Å². The summed E-state index contributed by atoms with van der Waals surface area (Å²) in [4.78, 5) is 0. The Labute approximate surface area is 69.6 Å². The summed E-state index contributed by atoms with van der Waals surface area (Å²) >= 11 is 0. The van der Waals surface area contributed by atoms with E-state index >= 15 is 0 Å². The Bertz CT molecular complexity index is 225. The van der Waals surface area contributed by atoms with Crippen LogP contribution >= 0.6 is 9.24 Å². The first-order chi connectivity index (χ1) is 5.34. The average molecular weight is 168 g/mol. The van der Waals surface area contributed by atoms with Crippen LogP contribution in [0.15, 0.2) is 24.3 Å². The molecule has 2 N–H and O–H groups in total. The molecule has 0 amide bonds. The fraction of sp³-hybridized carbons (Fsp3) is 0.250. The molecule has 3 heteroatoms. The number of hydrogen-bond acceptors (Lipinski definition) is 2. The third kappa shape index (κ3) is 2.49. The first kappa shape index (κ1) is 8.51. The lowest BCUT2D eigenvalue weighted by atomic mass is 10.3. The van der Waals surface area contributed by atoms with Crippen molar-refractivity contribution in [2.75, 3.05) is 19.0 Å². The van der Waals surface area contributed by atoms with E-state index in [0.29, 0.717) is 0 Å². The van der Waals surface area contributed by atoms with Crippen LogP contribution in [0.5, 0.6) is 0 Å². The molecule has 1 aromatic carbocycles. The SMILES string of the molecule is CNCNc1ccccc1P. The molecule has 0 fully saturated rings. The van der Waals surface area contributed by atoms with Crippen LogP contribution in [-0.4, -0.2) is 13.7 Å². The fourth-order valence-electron chi connectivity index (χ4n) is 0.842. The second kappa shape index (κ2) is 4.32. The van der Waals surface area contributed by atoms with Gasteiger partial charge in [0.2, 0.25) is 0 Å². The summed E-state index contributed by atoms with van der Waals surface area (Å²) in [5.41, 5.74) is 1.16. The lowest BCUT2D eigenvalue weighted by Crippen LogP contribution is -2.19. The van der Waals surface area contributed by atoms with E-state index in [0.717, 1.165) is 12.4 Å². The molecule has 0 spiro atoms. The summed E-state index contributed by atoms with van der Waals surface area (Å²) in [5.74, 6) is 0. The standard InChI is InChI=1S/C8H13N2P/c1-9-6-10-7-4-2-3-5-8(7)11/h2-5,9-10H,6,11H2,1H3. The van der Waals surface area contributed by atoms with Crippen molar-refractivity contribution < 1.29 is 0 Å². The van der Waals surface area contributed by atoms with E-state index in [4.69, 9.17) is 0 Å². The topological polar surface area (TPSA) is 24.1 Å².